The first-order valence-corrected chi connectivity index (χ1v) is 23.6. The number of rotatable bonds is 7. The van der Waals surface area contributed by atoms with Crippen LogP contribution in [0.2, 0.25) is 0 Å². The number of hydrogen-bond acceptors (Lipinski definition) is 11. The molecule has 4 saturated carbocycles. The summed E-state index contributed by atoms with van der Waals surface area (Å²) in [7, 11) is 0. The lowest BCUT2D eigenvalue weighted by atomic mass is 9.45. The Morgan fingerprint density at radius 2 is 0.956 bits per heavy atom. The van der Waals surface area contributed by atoms with Crippen LogP contribution in [0.4, 0.5) is 0 Å². The summed E-state index contributed by atoms with van der Waals surface area (Å²) in [5, 5.41) is 51.2. The topological polar surface area (TPSA) is 233 Å². The molecule has 4 aliphatic rings. The molecule has 1 amide bonds. The molecule has 2 aromatic carbocycles. The monoisotopic (exact) mass is 935 g/mol. The lowest BCUT2D eigenvalue weighted by Crippen LogP contribution is -2.60. The maximum Gasteiger partial charge on any atom is 0.335 e. The fourth-order valence-corrected chi connectivity index (χ4v) is 13.2. The van der Waals surface area contributed by atoms with Gasteiger partial charge in [0, 0.05) is 77.5 Å². The number of fused-ring (bicyclic) bond motifs is 2. The summed E-state index contributed by atoms with van der Waals surface area (Å²) < 4.78 is 0. The van der Waals surface area contributed by atoms with E-state index < -0.39 is 5.97 Å². The first kappa shape index (κ1) is 53.1. The van der Waals surface area contributed by atoms with Gasteiger partial charge < -0.3 is 36.6 Å². The van der Waals surface area contributed by atoms with E-state index >= 15 is 0 Å². The van der Waals surface area contributed by atoms with E-state index in [9.17, 15) is 39.6 Å². The molecule has 0 radical (unpaired) electrons. The highest BCUT2D eigenvalue weighted by molar-refractivity contribution is 6.00. The number of carboxylic acids is 1. The first-order valence-electron chi connectivity index (χ1n) is 23.6. The number of Topliss-reactive ketones (excluding diaryl/α,β-unsaturated/α-hetero) is 2. The van der Waals surface area contributed by atoms with Crippen molar-refractivity contribution >= 4 is 23.4 Å². The van der Waals surface area contributed by atoms with Crippen LogP contribution in [-0.2, 0) is 0 Å². The number of nitrogens with zero attached hydrogens (tertiary/aromatic N) is 2. The smallest absolute Gasteiger partial charge is 0.335 e. The number of benzene rings is 2. The minimum Gasteiger partial charge on any atom is -0.508 e. The van der Waals surface area contributed by atoms with Crippen LogP contribution in [-0.4, -0.2) is 71.0 Å². The van der Waals surface area contributed by atoms with Crippen molar-refractivity contribution in [1.82, 2.24) is 15.3 Å². The number of ketones is 2. The molecule has 10 atom stereocenters. The van der Waals surface area contributed by atoms with Gasteiger partial charge in [0.15, 0.2) is 11.6 Å². The molecule has 13 heteroatoms. The summed E-state index contributed by atoms with van der Waals surface area (Å²) >= 11 is 0. The van der Waals surface area contributed by atoms with Gasteiger partial charge in [-0.1, -0.05) is 75.7 Å². The first-order chi connectivity index (χ1) is 31.4. The second kappa shape index (κ2) is 20.8. The summed E-state index contributed by atoms with van der Waals surface area (Å²) in [5.74, 6) is -1.51. The molecule has 13 nitrogen and oxygen atoms in total. The average molecular weight is 935 g/mol. The molecule has 68 heavy (non-hydrogen) atoms. The fraction of sp³-hybridized carbons (Fsp3) is 0.527. The molecule has 8 N–H and O–H groups in total. The Balaban J connectivity index is 0.000000217. The number of nitrogens with one attached hydrogen (secondary N) is 1. The number of carbonyl (C=O) groups excluding carboxylic acids is 3. The van der Waals surface area contributed by atoms with Crippen molar-refractivity contribution in [2.45, 2.75) is 126 Å². The number of carbonyl (C=O) groups is 4. The zero-order chi connectivity index (χ0) is 49.2. The zero-order valence-corrected chi connectivity index (χ0v) is 40.2. The number of hydrogen-bond donors (Lipinski definition) is 7. The standard InChI is InChI=1S/C27H34N2O4.C21H31NO3.C6H5NO2.CH4/c1-16-21(29-25(33)17-6-10-28-11-7-17)15-22-26(2,3)8-5-9-27(22,4)23(16)24(32)18-12-19(30)14-20(31)13-18;1-12-16(22)11-17-20(2,3)6-5-7-21(17,4)18(12)19(25)13-8-14(23)10-15(24)9-13;8-6(9)5-1-3-7-4-2-5;/h6-7,10-14,16,21-23,30-31H,5,8-9,15H2,1-4H3,(H,29,33);8-10,12,16-18,23-24H,5-7,11,22H2,1-4H3;1-4H,(H,8,9);1H4/t16-,21-,22+,23-,27+;12-,16-,17+,18-,21+;;/m11../s1. The maximum atomic E-state index is 13.9. The summed E-state index contributed by atoms with van der Waals surface area (Å²) in [6, 6.07) is 14.4. The van der Waals surface area contributed by atoms with Crippen LogP contribution in [0, 0.1) is 57.2 Å². The molecule has 0 bridgehead atoms. The predicted octanol–water partition coefficient (Wildman–Crippen LogP) is 10.5. The Kier molecular flexibility index (Phi) is 16.3. The van der Waals surface area contributed by atoms with Crippen LogP contribution in [0.15, 0.2) is 85.5 Å². The number of pyridine rings is 2. The number of aromatic hydroxyl groups is 4. The molecular formula is C55H74N4O9. The van der Waals surface area contributed by atoms with Crippen LogP contribution < -0.4 is 11.1 Å². The number of phenols is 4. The Hall–Kier alpha value is -5.82. The lowest BCUT2D eigenvalue weighted by Gasteiger charge is -2.60. The third-order valence-electron chi connectivity index (χ3n) is 16.5. The molecular weight excluding hydrogens is 861 g/mol. The molecule has 2 heterocycles. The Morgan fingerprint density at radius 1 is 0.574 bits per heavy atom. The van der Waals surface area contributed by atoms with E-state index in [2.05, 4.69) is 63.8 Å². The van der Waals surface area contributed by atoms with Crippen molar-refractivity contribution in [2.24, 2.45) is 62.9 Å². The molecule has 8 rings (SSSR count). The van der Waals surface area contributed by atoms with Crippen LogP contribution in [0.3, 0.4) is 0 Å². The van der Waals surface area contributed by atoms with Gasteiger partial charge >= 0.3 is 5.97 Å². The van der Waals surface area contributed by atoms with Crippen molar-refractivity contribution in [3.8, 4) is 23.0 Å². The van der Waals surface area contributed by atoms with Crippen LogP contribution in [0.5, 0.6) is 23.0 Å². The van der Waals surface area contributed by atoms with Gasteiger partial charge in [0.1, 0.15) is 23.0 Å². The van der Waals surface area contributed by atoms with E-state index in [4.69, 9.17) is 10.8 Å². The van der Waals surface area contributed by atoms with Gasteiger partial charge in [-0.15, -0.1) is 0 Å². The van der Waals surface area contributed by atoms with E-state index in [1.807, 2.05) is 6.92 Å². The van der Waals surface area contributed by atoms with Gasteiger partial charge in [-0.25, -0.2) is 4.79 Å². The quantitative estimate of drug-likeness (QED) is 0.0858. The van der Waals surface area contributed by atoms with Crippen LogP contribution in [0.1, 0.15) is 156 Å². The van der Waals surface area contributed by atoms with E-state index in [0.717, 1.165) is 44.9 Å². The van der Waals surface area contributed by atoms with E-state index in [0.29, 0.717) is 22.6 Å². The predicted molar refractivity (Wildman–Crippen MR) is 263 cm³/mol. The summed E-state index contributed by atoms with van der Waals surface area (Å²) in [6.45, 7) is 17.8. The number of nitrogens with two attached hydrogens (primary N) is 1. The molecule has 2 aromatic heterocycles. The van der Waals surface area contributed by atoms with Crippen LogP contribution in [0.25, 0.3) is 0 Å². The van der Waals surface area contributed by atoms with Gasteiger partial charge in [-0.05, 0) is 132 Å². The number of carboxylic acid groups (broad SMARTS) is 1. The lowest BCUT2D eigenvalue weighted by molar-refractivity contribution is -0.0902. The fourth-order valence-electron chi connectivity index (χ4n) is 13.2. The van der Waals surface area contributed by atoms with Gasteiger partial charge in [0.05, 0.1) is 5.56 Å². The second-order valence-corrected chi connectivity index (χ2v) is 21.7. The largest absolute Gasteiger partial charge is 0.508 e. The van der Waals surface area contributed by atoms with Crippen molar-refractivity contribution in [3.05, 3.63) is 108 Å². The van der Waals surface area contributed by atoms with Crippen molar-refractivity contribution in [3.63, 3.8) is 0 Å². The minimum atomic E-state index is -0.919. The van der Waals surface area contributed by atoms with Gasteiger partial charge in [0.25, 0.3) is 5.91 Å². The molecule has 0 saturated heterocycles. The van der Waals surface area contributed by atoms with Crippen LogP contribution >= 0.6 is 0 Å². The van der Waals surface area contributed by atoms with Gasteiger partial charge in [-0.3, -0.25) is 24.4 Å². The molecule has 0 spiro atoms. The Morgan fingerprint density at radius 3 is 1.35 bits per heavy atom. The maximum absolute atomic E-state index is 13.9. The molecule has 0 aliphatic heterocycles. The highest BCUT2D eigenvalue weighted by atomic mass is 16.4. The Labute approximate surface area is 402 Å². The van der Waals surface area contributed by atoms with Crippen molar-refractivity contribution < 1.29 is 44.7 Å². The summed E-state index contributed by atoms with van der Waals surface area (Å²) in [5.41, 5.74) is 7.86. The van der Waals surface area contributed by atoms with Gasteiger partial charge in [0.2, 0.25) is 0 Å². The van der Waals surface area contributed by atoms with Crippen molar-refractivity contribution in [1.29, 1.82) is 0 Å². The highest BCUT2D eigenvalue weighted by Gasteiger charge is 2.60. The number of aromatic nitrogens is 2. The number of aromatic carboxylic acids is 1. The average Bonchev–Trinajstić information content (AvgIpc) is 3.25. The van der Waals surface area contributed by atoms with Crippen molar-refractivity contribution in [2.75, 3.05) is 0 Å². The van der Waals surface area contributed by atoms with E-state index in [1.54, 1.807) is 24.5 Å². The molecule has 368 valence electrons. The normalized spacial score (nSPS) is 29.8. The van der Waals surface area contributed by atoms with E-state index in [1.165, 1.54) is 67.3 Å². The Bertz CT molecular complexity index is 2390. The minimum absolute atomic E-state index is 0. The second-order valence-electron chi connectivity index (χ2n) is 21.7. The highest BCUT2D eigenvalue weighted by Crippen LogP contribution is 2.63. The molecule has 4 fully saturated rings. The summed E-state index contributed by atoms with van der Waals surface area (Å²) in [6.07, 6.45) is 14.3. The number of phenolic OH excluding ortho intramolecular Hbond substituents is 4. The zero-order valence-electron chi connectivity index (χ0n) is 40.2. The molecule has 0 unspecified atom stereocenters. The SMILES string of the molecule is C.C[C@@H]1[C@H](N)C[C@H]2C(C)(C)CCC[C@]2(C)[C@H]1C(=O)c1cc(O)cc(O)c1.C[C@@H]1[C@H](NC(=O)c2ccncc2)C[C@H]2C(C)(C)CCC[C@]2(C)[C@H]1C(=O)c1cc(O)cc(O)c1.O=C(O)c1ccncc1. The van der Waals surface area contributed by atoms with E-state index in [-0.39, 0.29) is 117 Å². The third-order valence-corrected chi connectivity index (χ3v) is 16.5. The number of amides is 1. The third kappa shape index (κ3) is 11.0. The molecule has 4 aromatic rings. The molecule has 4 aliphatic carbocycles. The van der Waals surface area contributed by atoms with Gasteiger partial charge in [-0.2, -0.15) is 0 Å². The summed E-state index contributed by atoms with van der Waals surface area (Å²) in [4.78, 5) is 58.2.